The first-order valence-electron chi connectivity index (χ1n) is 10.2. The van der Waals surface area contributed by atoms with Gasteiger partial charge < -0.3 is 14.8 Å². The zero-order valence-electron chi connectivity index (χ0n) is 17.0. The zero-order chi connectivity index (χ0) is 21.1. The third-order valence-electron chi connectivity index (χ3n) is 5.08. The maximum atomic E-state index is 13.3. The minimum atomic E-state index is -0.279. The Kier molecular flexibility index (Phi) is 6.04. The lowest BCUT2D eigenvalue weighted by Gasteiger charge is -2.25. The van der Waals surface area contributed by atoms with Crippen LogP contribution in [0, 0.1) is 5.82 Å². The van der Waals surface area contributed by atoms with Crippen LogP contribution in [0.5, 0.6) is 11.5 Å². The summed E-state index contributed by atoms with van der Waals surface area (Å²) >= 11 is 1.61. The van der Waals surface area contributed by atoms with E-state index in [0.29, 0.717) is 25.4 Å². The fourth-order valence-corrected chi connectivity index (χ4v) is 4.84. The number of carbonyl (C=O) groups excluding carboxylic acids is 1. The van der Waals surface area contributed by atoms with Crippen molar-refractivity contribution in [1.82, 2.24) is 0 Å². The number of halogens is 1. The molecule has 0 saturated carbocycles. The molecule has 4 rings (SSSR count). The molecule has 1 atom stereocenters. The molecule has 156 valence electrons. The van der Waals surface area contributed by atoms with Gasteiger partial charge in [-0.1, -0.05) is 25.1 Å². The topological polar surface area (TPSA) is 47.6 Å². The zero-order valence-corrected chi connectivity index (χ0v) is 17.9. The lowest BCUT2D eigenvalue weighted by molar-refractivity contribution is -0.116. The molecule has 1 aliphatic heterocycles. The summed E-state index contributed by atoms with van der Waals surface area (Å²) < 4.78 is 25.0. The summed E-state index contributed by atoms with van der Waals surface area (Å²) in [6.45, 7) is 5.17. The van der Waals surface area contributed by atoms with E-state index in [1.165, 1.54) is 12.1 Å². The molecule has 1 unspecified atom stereocenters. The van der Waals surface area contributed by atoms with Gasteiger partial charge in [-0.05, 0) is 48.7 Å². The number of carbonyl (C=O) groups is 1. The average Bonchev–Trinajstić information content (AvgIpc) is 3.16. The minimum Gasteiger partial charge on any atom is -0.490 e. The second kappa shape index (κ2) is 8.88. The van der Waals surface area contributed by atoms with Gasteiger partial charge in [0.25, 0.3) is 0 Å². The van der Waals surface area contributed by atoms with Gasteiger partial charge in [0.15, 0.2) is 11.5 Å². The van der Waals surface area contributed by atoms with Crippen LogP contribution in [0.1, 0.15) is 43.0 Å². The van der Waals surface area contributed by atoms with Crippen molar-refractivity contribution >= 4 is 22.9 Å². The molecule has 0 bridgehead atoms. The van der Waals surface area contributed by atoms with Crippen LogP contribution in [0.4, 0.5) is 10.1 Å². The molecule has 2 heterocycles. The van der Waals surface area contributed by atoms with Gasteiger partial charge in [0, 0.05) is 28.2 Å². The van der Waals surface area contributed by atoms with Crippen LogP contribution >= 0.6 is 11.3 Å². The van der Waals surface area contributed by atoms with E-state index in [1.54, 1.807) is 23.5 Å². The van der Waals surface area contributed by atoms with E-state index in [0.717, 1.165) is 39.4 Å². The van der Waals surface area contributed by atoms with E-state index in [4.69, 9.17) is 9.47 Å². The Labute approximate surface area is 179 Å². The highest BCUT2D eigenvalue weighted by Crippen LogP contribution is 2.47. The van der Waals surface area contributed by atoms with Gasteiger partial charge in [-0.2, -0.15) is 0 Å². The summed E-state index contributed by atoms with van der Waals surface area (Å²) in [5.74, 6) is 1.05. The molecule has 4 nitrogen and oxygen atoms in total. The monoisotopic (exact) mass is 425 g/mol. The largest absolute Gasteiger partial charge is 0.490 e. The first-order chi connectivity index (χ1) is 14.6. The van der Waals surface area contributed by atoms with Crippen LogP contribution < -0.4 is 14.8 Å². The molecule has 0 spiro atoms. The Bertz CT molecular complexity index is 1050. The fraction of sp³-hybridized carbons (Fsp3) is 0.292. The Hall–Kier alpha value is -2.86. The van der Waals surface area contributed by atoms with E-state index < -0.39 is 0 Å². The Morgan fingerprint density at radius 1 is 1.10 bits per heavy atom. The molecule has 2 aromatic carbocycles. The predicted molar refractivity (Wildman–Crippen MR) is 118 cm³/mol. The van der Waals surface area contributed by atoms with Crippen molar-refractivity contribution in [2.24, 2.45) is 0 Å². The van der Waals surface area contributed by atoms with Crippen molar-refractivity contribution in [2.45, 2.75) is 32.6 Å². The van der Waals surface area contributed by atoms with Crippen LogP contribution in [0.3, 0.4) is 0 Å². The van der Waals surface area contributed by atoms with E-state index in [9.17, 15) is 9.18 Å². The van der Waals surface area contributed by atoms with Crippen molar-refractivity contribution in [3.63, 3.8) is 0 Å². The molecule has 6 heteroatoms. The number of hydrogen-bond acceptors (Lipinski definition) is 4. The number of ether oxygens (including phenoxy) is 2. The van der Waals surface area contributed by atoms with Gasteiger partial charge in [0.2, 0.25) is 5.91 Å². The van der Waals surface area contributed by atoms with Crippen molar-refractivity contribution in [2.75, 3.05) is 18.5 Å². The van der Waals surface area contributed by atoms with Crippen LogP contribution in [0.2, 0.25) is 0 Å². The summed E-state index contributed by atoms with van der Waals surface area (Å²) in [5.41, 5.74) is 3.64. The summed E-state index contributed by atoms with van der Waals surface area (Å²) in [6.07, 6.45) is 1.29. The fourth-order valence-electron chi connectivity index (χ4n) is 3.68. The van der Waals surface area contributed by atoms with Crippen LogP contribution in [-0.4, -0.2) is 19.1 Å². The van der Waals surface area contributed by atoms with E-state index in [1.807, 2.05) is 30.5 Å². The first kappa shape index (κ1) is 20.4. The van der Waals surface area contributed by atoms with Gasteiger partial charge in [0.05, 0.1) is 18.9 Å². The number of hydrogen-bond donors (Lipinski definition) is 1. The van der Waals surface area contributed by atoms with Crippen molar-refractivity contribution in [3.05, 3.63) is 64.1 Å². The Morgan fingerprint density at radius 2 is 1.90 bits per heavy atom. The number of rotatable bonds is 7. The number of anilines is 1. The first-order valence-corrected chi connectivity index (χ1v) is 11.0. The third kappa shape index (κ3) is 4.05. The Balaban J connectivity index is 1.72. The quantitative estimate of drug-likeness (QED) is 0.489. The molecule has 1 aliphatic rings. The molecule has 3 aromatic rings. The lowest BCUT2D eigenvalue weighted by Crippen LogP contribution is -2.22. The van der Waals surface area contributed by atoms with Crippen LogP contribution in [0.15, 0.2) is 47.8 Å². The molecule has 1 amide bonds. The summed E-state index contributed by atoms with van der Waals surface area (Å²) in [7, 11) is 0. The normalized spacial score (nSPS) is 15.4. The molecule has 0 fully saturated rings. The second-order valence-corrected chi connectivity index (χ2v) is 8.10. The molecule has 0 saturated heterocycles. The number of fused-ring (bicyclic) bond motifs is 1. The van der Waals surface area contributed by atoms with Gasteiger partial charge in [-0.3, -0.25) is 4.79 Å². The van der Waals surface area contributed by atoms with E-state index >= 15 is 0 Å². The molecular formula is C24H24FNO3S. The van der Waals surface area contributed by atoms with Crippen molar-refractivity contribution in [3.8, 4) is 22.6 Å². The number of amides is 1. The highest BCUT2D eigenvalue weighted by Gasteiger charge is 2.31. The molecule has 0 radical (unpaired) electrons. The SMILES string of the molecule is CCCOc1ccc(C2CC(=O)Nc3c(-c4ccc(F)cc4)csc32)cc1OCC. The number of nitrogens with one attached hydrogen (secondary N) is 1. The highest BCUT2D eigenvalue weighted by molar-refractivity contribution is 7.11. The molecule has 1 aromatic heterocycles. The standard InChI is InChI=1S/C24H24FNO3S/c1-3-11-29-20-10-7-16(12-21(20)28-4-2)18-13-22(27)26-23-19(14-30-24(18)23)15-5-8-17(25)9-6-15/h5-10,12,14,18H,3-4,11,13H2,1-2H3,(H,26,27). The minimum absolute atomic E-state index is 0.0291. The maximum absolute atomic E-state index is 13.3. The van der Waals surface area contributed by atoms with E-state index in [2.05, 4.69) is 12.2 Å². The van der Waals surface area contributed by atoms with Crippen LogP contribution in [-0.2, 0) is 4.79 Å². The summed E-state index contributed by atoms with van der Waals surface area (Å²) in [4.78, 5) is 13.6. The molecule has 30 heavy (non-hydrogen) atoms. The second-order valence-electron chi connectivity index (χ2n) is 7.19. The summed E-state index contributed by atoms with van der Waals surface area (Å²) in [5, 5.41) is 5.05. The smallest absolute Gasteiger partial charge is 0.225 e. The Morgan fingerprint density at radius 3 is 2.63 bits per heavy atom. The van der Waals surface area contributed by atoms with Gasteiger partial charge >= 0.3 is 0 Å². The predicted octanol–water partition coefficient (Wildman–Crippen LogP) is 6.22. The average molecular weight is 426 g/mol. The van der Waals surface area contributed by atoms with Gasteiger partial charge in [0.1, 0.15) is 5.82 Å². The van der Waals surface area contributed by atoms with Crippen molar-refractivity contribution in [1.29, 1.82) is 0 Å². The summed E-state index contributed by atoms with van der Waals surface area (Å²) in [6, 6.07) is 12.3. The number of benzene rings is 2. The van der Waals surface area contributed by atoms with Crippen molar-refractivity contribution < 1.29 is 18.7 Å². The molecular weight excluding hydrogens is 401 g/mol. The lowest BCUT2D eigenvalue weighted by atomic mass is 9.89. The third-order valence-corrected chi connectivity index (χ3v) is 6.17. The van der Waals surface area contributed by atoms with Crippen LogP contribution in [0.25, 0.3) is 11.1 Å². The maximum Gasteiger partial charge on any atom is 0.225 e. The molecule has 0 aliphatic carbocycles. The highest BCUT2D eigenvalue weighted by atomic mass is 32.1. The van der Waals surface area contributed by atoms with E-state index in [-0.39, 0.29) is 17.6 Å². The molecule has 1 N–H and O–H groups in total. The number of thiophene rings is 1. The van der Waals surface area contributed by atoms with Gasteiger partial charge in [-0.25, -0.2) is 4.39 Å². The van der Waals surface area contributed by atoms with Gasteiger partial charge in [-0.15, -0.1) is 11.3 Å².